The number of hydrogen-bond acceptors (Lipinski definition) is 3. The Morgan fingerprint density at radius 1 is 1.04 bits per heavy atom. The van der Waals surface area contributed by atoms with E-state index >= 15 is 0 Å². The average molecular weight is 342 g/mol. The van der Waals surface area contributed by atoms with Crippen LogP contribution in [0.15, 0.2) is 48.5 Å². The first-order valence-electron chi connectivity index (χ1n) is 8.43. The van der Waals surface area contributed by atoms with Crippen LogP contribution in [0.2, 0.25) is 0 Å². The van der Waals surface area contributed by atoms with Crippen LogP contribution in [0.1, 0.15) is 5.56 Å². The molecule has 1 saturated heterocycles. The Hall–Kier alpha value is -2.60. The standard InChI is InChI=1S/C19H23FN4O/c1-23-10-12-24(13-11-23)17-8-6-16(7-9-17)22-19(25)21-14-15-4-2-3-5-18(15)20/h2-9H,10-14H2,1H3,(H2,21,22,25). The SMILES string of the molecule is CN1CCN(c2ccc(NC(=O)NCc3ccccc3F)cc2)CC1. The van der Waals surface area contributed by atoms with Gasteiger partial charge in [-0.3, -0.25) is 0 Å². The summed E-state index contributed by atoms with van der Waals surface area (Å²) in [5, 5.41) is 5.43. The number of anilines is 2. The molecule has 2 N–H and O–H groups in total. The van der Waals surface area contributed by atoms with Crippen molar-refractivity contribution in [1.29, 1.82) is 0 Å². The van der Waals surface area contributed by atoms with Crippen molar-refractivity contribution in [2.75, 3.05) is 43.4 Å². The van der Waals surface area contributed by atoms with Gasteiger partial charge in [0.2, 0.25) is 0 Å². The Balaban J connectivity index is 1.51. The van der Waals surface area contributed by atoms with Gasteiger partial charge in [-0.05, 0) is 37.4 Å². The minimum Gasteiger partial charge on any atom is -0.369 e. The first-order valence-corrected chi connectivity index (χ1v) is 8.43. The van der Waals surface area contributed by atoms with Crippen molar-refractivity contribution in [2.45, 2.75) is 6.54 Å². The molecule has 2 aromatic carbocycles. The summed E-state index contributed by atoms with van der Waals surface area (Å²) in [7, 11) is 2.13. The van der Waals surface area contributed by atoms with E-state index in [0.29, 0.717) is 11.3 Å². The largest absolute Gasteiger partial charge is 0.369 e. The molecule has 2 aromatic rings. The molecule has 1 aliphatic rings. The lowest BCUT2D eigenvalue weighted by atomic mass is 10.2. The fourth-order valence-electron chi connectivity index (χ4n) is 2.81. The third-order valence-corrected chi connectivity index (χ3v) is 4.39. The fourth-order valence-corrected chi connectivity index (χ4v) is 2.81. The van der Waals surface area contributed by atoms with E-state index in [1.54, 1.807) is 18.2 Å². The first-order chi connectivity index (χ1) is 12.1. The number of carbonyl (C=O) groups is 1. The summed E-state index contributed by atoms with van der Waals surface area (Å²) < 4.78 is 13.5. The van der Waals surface area contributed by atoms with Crippen molar-refractivity contribution in [2.24, 2.45) is 0 Å². The Morgan fingerprint density at radius 3 is 2.40 bits per heavy atom. The zero-order valence-corrected chi connectivity index (χ0v) is 14.3. The van der Waals surface area contributed by atoms with Crippen LogP contribution in [-0.2, 0) is 6.54 Å². The molecule has 0 spiro atoms. The highest BCUT2D eigenvalue weighted by atomic mass is 19.1. The van der Waals surface area contributed by atoms with Crippen LogP contribution in [0.3, 0.4) is 0 Å². The Kier molecular flexibility index (Phi) is 5.50. The van der Waals surface area contributed by atoms with Crippen molar-refractivity contribution in [3.63, 3.8) is 0 Å². The van der Waals surface area contributed by atoms with Gasteiger partial charge in [0.05, 0.1) is 0 Å². The molecule has 1 aliphatic heterocycles. The third-order valence-electron chi connectivity index (χ3n) is 4.39. The van der Waals surface area contributed by atoms with Gasteiger partial charge >= 0.3 is 6.03 Å². The van der Waals surface area contributed by atoms with Gasteiger partial charge in [0.1, 0.15) is 5.82 Å². The van der Waals surface area contributed by atoms with E-state index in [9.17, 15) is 9.18 Å². The Labute approximate surface area is 147 Å². The molecule has 6 heteroatoms. The molecule has 132 valence electrons. The summed E-state index contributed by atoms with van der Waals surface area (Å²) >= 11 is 0. The van der Waals surface area contributed by atoms with Crippen LogP contribution in [0.4, 0.5) is 20.6 Å². The van der Waals surface area contributed by atoms with Crippen LogP contribution in [0.5, 0.6) is 0 Å². The molecule has 0 atom stereocenters. The maximum Gasteiger partial charge on any atom is 0.319 e. The van der Waals surface area contributed by atoms with Crippen LogP contribution in [0.25, 0.3) is 0 Å². The molecule has 3 rings (SSSR count). The van der Waals surface area contributed by atoms with Gasteiger partial charge in [-0.25, -0.2) is 9.18 Å². The maximum absolute atomic E-state index is 13.5. The molecule has 1 heterocycles. The summed E-state index contributed by atoms with van der Waals surface area (Å²) in [5.41, 5.74) is 2.33. The van der Waals surface area contributed by atoms with E-state index in [-0.39, 0.29) is 18.4 Å². The number of benzene rings is 2. The van der Waals surface area contributed by atoms with Gasteiger partial charge in [-0.2, -0.15) is 0 Å². The second kappa shape index (κ2) is 7.98. The Morgan fingerprint density at radius 2 is 1.72 bits per heavy atom. The predicted molar refractivity (Wildman–Crippen MR) is 98.4 cm³/mol. The second-order valence-electron chi connectivity index (χ2n) is 6.24. The van der Waals surface area contributed by atoms with Crippen molar-refractivity contribution in [1.82, 2.24) is 10.2 Å². The normalized spacial score (nSPS) is 15.0. The summed E-state index contributed by atoms with van der Waals surface area (Å²) in [5.74, 6) is -0.320. The van der Waals surface area contributed by atoms with Crippen LogP contribution >= 0.6 is 0 Å². The molecule has 25 heavy (non-hydrogen) atoms. The highest BCUT2D eigenvalue weighted by Crippen LogP contribution is 2.19. The number of piperazine rings is 1. The number of carbonyl (C=O) groups excluding carboxylic acids is 1. The van der Waals surface area contributed by atoms with Gasteiger partial charge in [0.15, 0.2) is 0 Å². The number of nitrogens with one attached hydrogen (secondary N) is 2. The zero-order chi connectivity index (χ0) is 17.6. The lowest BCUT2D eigenvalue weighted by molar-refractivity contribution is 0.251. The maximum atomic E-state index is 13.5. The molecule has 0 radical (unpaired) electrons. The number of amides is 2. The highest BCUT2D eigenvalue weighted by Gasteiger charge is 2.14. The molecular formula is C19H23FN4O. The summed E-state index contributed by atoms with van der Waals surface area (Å²) in [6.07, 6.45) is 0. The fraction of sp³-hybridized carbons (Fsp3) is 0.316. The summed E-state index contributed by atoms with van der Waals surface area (Å²) in [4.78, 5) is 16.6. The number of hydrogen-bond donors (Lipinski definition) is 2. The van der Waals surface area contributed by atoms with Crippen LogP contribution < -0.4 is 15.5 Å². The Bertz CT molecular complexity index is 712. The predicted octanol–water partition coefficient (Wildman–Crippen LogP) is 2.90. The molecular weight excluding hydrogens is 319 g/mol. The zero-order valence-electron chi connectivity index (χ0n) is 14.3. The molecule has 0 aromatic heterocycles. The van der Waals surface area contributed by atoms with Gasteiger partial charge in [0.25, 0.3) is 0 Å². The first kappa shape index (κ1) is 17.2. The lowest BCUT2D eigenvalue weighted by Crippen LogP contribution is -2.44. The molecule has 0 aliphatic carbocycles. The number of urea groups is 1. The smallest absolute Gasteiger partial charge is 0.319 e. The molecule has 0 bridgehead atoms. The van der Waals surface area contributed by atoms with Gasteiger partial charge in [-0.1, -0.05) is 18.2 Å². The highest BCUT2D eigenvalue weighted by molar-refractivity contribution is 5.89. The van der Waals surface area contributed by atoms with Gasteiger partial charge in [-0.15, -0.1) is 0 Å². The third kappa shape index (κ3) is 4.70. The minimum absolute atomic E-state index is 0.151. The average Bonchev–Trinajstić information content (AvgIpc) is 2.62. The molecule has 0 unspecified atom stereocenters. The lowest BCUT2D eigenvalue weighted by Gasteiger charge is -2.34. The quantitative estimate of drug-likeness (QED) is 0.898. The topological polar surface area (TPSA) is 47.6 Å². The van der Waals surface area contributed by atoms with Gasteiger partial charge < -0.3 is 20.4 Å². The van der Waals surface area contributed by atoms with Crippen molar-refractivity contribution < 1.29 is 9.18 Å². The van der Waals surface area contributed by atoms with Crippen LogP contribution in [-0.4, -0.2) is 44.2 Å². The minimum atomic E-state index is -0.351. The van der Waals surface area contributed by atoms with E-state index < -0.39 is 0 Å². The second-order valence-corrected chi connectivity index (χ2v) is 6.24. The van der Waals surface area contributed by atoms with Crippen LogP contribution in [0, 0.1) is 5.82 Å². The molecule has 2 amide bonds. The van der Waals surface area contributed by atoms with Crippen molar-refractivity contribution >= 4 is 17.4 Å². The number of rotatable bonds is 4. The molecule has 5 nitrogen and oxygen atoms in total. The number of halogens is 1. The van der Waals surface area contributed by atoms with Crippen molar-refractivity contribution in [3.8, 4) is 0 Å². The van der Waals surface area contributed by atoms with Crippen molar-refractivity contribution in [3.05, 3.63) is 59.9 Å². The number of likely N-dealkylation sites (N-methyl/N-ethyl adjacent to an activating group) is 1. The monoisotopic (exact) mass is 342 g/mol. The molecule has 1 fully saturated rings. The van der Waals surface area contributed by atoms with E-state index in [1.165, 1.54) is 6.07 Å². The van der Waals surface area contributed by atoms with E-state index in [4.69, 9.17) is 0 Å². The van der Waals surface area contributed by atoms with E-state index in [1.807, 2.05) is 24.3 Å². The molecule has 0 saturated carbocycles. The summed E-state index contributed by atoms with van der Waals surface area (Å²) in [6.45, 7) is 4.27. The summed E-state index contributed by atoms with van der Waals surface area (Å²) in [6, 6.07) is 13.8. The van der Waals surface area contributed by atoms with E-state index in [2.05, 4.69) is 27.5 Å². The van der Waals surface area contributed by atoms with E-state index in [0.717, 1.165) is 31.9 Å². The van der Waals surface area contributed by atoms with Gasteiger partial charge in [0, 0.05) is 49.7 Å². The number of nitrogens with zero attached hydrogens (tertiary/aromatic N) is 2.